The first-order valence-corrected chi connectivity index (χ1v) is 3.59. The Hall–Kier alpha value is -1.17. The molecule has 0 spiro atoms. The first kappa shape index (κ1) is 16.3. The van der Waals surface area contributed by atoms with E-state index in [1.807, 2.05) is 0 Å². The van der Waals surface area contributed by atoms with Gasteiger partial charge in [0, 0.05) is 21.7 Å². The topological polar surface area (TPSA) is 106 Å². The second kappa shape index (κ2) is 6.34. The summed E-state index contributed by atoms with van der Waals surface area (Å²) in [4.78, 5) is 21.0. The number of hydrogen-bond donors (Lipinski definition) is 2. The normalized spacial score (nSPS) is 8.33. The van der Waals surface area contributed by atoms with E-state index < -0.39 is 11.9 Å². The van der Waals surface area contributed by atoms with Crippen LogP contribution in [-0.2, 0) is 21.7 Å². The molecule has 0 saturated carbocycles. The monoisotopic (exact) mass is 246 g/mol. The molecule has 0 aliphatic heterocycles. The molecular weight excluding hydrogens is 236 g/mol. The number of hydrogen-bond acceptors (Lipinski definition) is 2. The molecule has 4 N–H and O–H groups in total. The van der Waals surface area contributed by atoms with E-state index >= 15 is 0 Å². The van der Waals surface area contributed by atoms with Crippen molar-refractivity contribution in [2.45, 2.75) is 6.92 Å². The number of aromatic carboxylic acids is 2. The van der Waals surface area contributed by atoms with Crippen LogP contribution in [0.15, 0.2) is 18.2 Å². The van der Waals surface area contributed by atoms with Gasteiger partial charge >= 0.3 is 11.9 Å². The van der Waals surface area contributed by atoms with Gasteiger partial charge in [0.25, 0.3) is 0 Å². The summed E-state index contributed by atoms with van der Waals surface area (Å²) < 4.78 is 0. The number of benzene rings is 1. The van der Waals surface area contributed by atoms with Crippen LogP contribution in [0.4, 0.5) is 0 Å². The van der Waals surface area contributed by atoms with Gasteiger partial charge in [-0.1, -0.05) is 0 Å². The van der Waals surface area contributed by atoms with Crippen molar-refractivity contribution in [3.8, 4) is 0 Å². The zero-order valence-corrected chi connectivity index (χ0v) is 9.50. The number of carboxylic acid groups (broad SMARTS) is 2. The smallest absolute Gasteiger partial charge is 0.335 e. The predicted octanol–water partition coefficient (Wildman–Crippen LogP) is 0.564. The molecule has 0 radical (unpaired) electrons. The summed E-state index contributed by atoms with van der Waals surface area (Å²) in [6.45, 7) is 1.57. The van der Waals surface area contributed by atoms with Gasteiger partial charge in [0.05, 0.1) is 11.1 Å². The van der Waals surface area contributed by atoms with Crippen molar-refractivity contribution in [1.82, 2.24) is 0 Å². The Morgan fingerprint density at radius 3 is 2.00 bits per heavy atom. The summed E-state index contributed by atoms with van der Waals surface area (Å²) in [6.07, 6.45) is 0. The maximum Gasteiger partial charge on any atom is 0.335 e. The Morgan fingerprint density at radius 2 is 1.67 bits per heavy atom. The minimum absolute atomic E-state index is 0. The molecule has 0 bridgehead atoms. The van der Waals surface area contributed by atoms with Crippen molar-refractivity contribution < 1.29 is 47.0 Å². The first-order valence-electron chi connectivity index (χ1n) is 3.59. The Morgan fingerprint density at radius 1 is 1.13 bits per heavy atom. The molecule has 0 aliphatic rings. The van der Waals surface area contributed by atoms with E-state index in [1.165, 1.54) is 18.2 Å². The molecule has 5 nitrogen and oxygen atoms in total. The number of carbonyl (C=O) groups is 2. The molecule has 1 aromatic rings. The maximum absolute atomic E-state index is 10.6. The van der Waals surface area contributed by atoms with Crippen molar-refractivity contribution in [3.05, 3.63) is 34.9 Å². The molecule has 0 fully saturated rings. The third kappa shape index (κ3) is 3.83. The Kier molecular flexibility index (Phi) is 6.88. The average molecular weight is 246 g/mol. The van der Waals surface area contributed by atoms with Crippen LogP contribution in [-0.4, -0.2) is 27.6 Å². The molecule has 0 atom stereocenters. The van der Waals surface area contributed by atoms with Gasteiger partial charge in [0.15, 0.2) is 0 Å². The molecule has 0 amide bonds. The molecule has 80 valence electrons. The standard InChI is InChI=1S/C9H8O4.H2O.Ti/c1-5-4-6(8(10)11)2-3-7(5)9(12)13;;/h2-4H,1H3,(H,10,11)(H,12,13);1H2;. The molecular formula is C9H10O5Ti. The quantitative estimate of drug-likeness (QED) is 0.743. The number of carboxylic acids is 2. The van der Waals surface area contributed by atoms with Gasteiger partial charge in [-0.3, -0.25) is 0 Å². The van der Waals surface area contributed by atoms with Crippen LogP contribution in [0.2, 0.25) is 0 Å². The van der Waals surface area contributed by atoms with Crippen LogP contribution >= 0.6 is 0 Å². The van der Waals surface area contributed by atoms with Gasteiger partial charge in [0.1, 0.15) is 0 Å². The van der Waals surface area contributed by atoms with E-state index in [9.17, 15) is 9.59 Å². The molecule has 0 aromatic heterocycles. The van der Waals surface area contributed by atoms with Crippen LogP contribution in [0.5, 0.6) is 0 Å². The SMILES string of the molecule is Cc1cc(C(=O)O)ccc1C(=O)O.O.[Ti]. The molecule has 0 heterocycles. The third-order valence-corrected chi connectivity index (χ3v) is 1.70. The largest absolute Gasteiger partial charge is 0.478 e. The van der Waals surface area contributed by atoms with Crippen molar-refractivity contribution in [3.63, 3.8) is 0 Å². The van der Waals surface area contributed by atoms with Crippen molar-refractivity contribution >= 4 is 11.9 Å². The number of aryl methyl sites for hydroxylation is 1. The Labute approximate surface area is 101 Å². The zero-order valence-electron chi connectivity index (χ0n) is 7.94. The van der Waals surface area contributed by atoms with Crippen molar-refractivity contribution in [2.75, 3.05) is 0 Å². The minimum atomic E-state index is -1.06. The van der Waals surface area contributed by atoms with E-state index in [4.69, 9.17) is 10.2 Å². The fraction of sp³-hybridized carbons (Fsp3) is 0.111. The van der Waals surface area contributed by atoms with Gasteiger partial charge in [-0.2, -0.15) is 0 Å². The zero-order chi connectivity index (χ0) is 10.0. The summed E-state index contributed by atoms with van der Waals surface area (Å²) in [5.41, 5.74) is 0.680. The van der Waals surface area contributed by atoms with Crippen LogP contribution in [0.3, 0.4) is 0 Å². The summed E-state index contributed by atoms with van der Waals surface area (Å²) >= 11 is 0. The van der Waals surface area contributed by atoms with Crippen LogP contribution in [0.1, 0.15) is 26.3 Å². The summed E-state index contributed by atoms with van der Waals surface area (Å²) in [5, 5.41) is 17.2. The van der Waals surface area contributed by atoms with Gasteiger partial charge in [0.2, 0.25) is 0 Å². The second-order valence-corrected chi connectivity index (χ2v) is 2.64. The first-order chi connectivity index (χ1) is 6.02. The number of rotatable bonds is 2. The molecule has 0 aliphatic carbocycles. The van der Waals surface area contributed by atoms with E-state index in [0.717, 1.165) is 0 Å². The van der Waals surface area contributed by atoms with Gasteiger partial charge in [-0.25, -0.2) is 9.59 Å². The molecule has 1 rings (SSSR count). The van der Waals surface area contributed by atoms with Crippen molar-refractivity contribution in [1.29, 1.82) is 0 Å². The van der Waals surface area contributed by atoms with Gasteiger partial charge in [-0.05, 0) is 30.7 Å². The Balaban J connectivity index is 0. The fourth-order valence-electron chi connectivity index (χ4n) is 1.04. The van der Waals surface area contributed by atoms with E-state index in [1.54, 1.807) is 6.92 Å². The summed E-state index contributed by atoms with van der Waals surface area (Å²) in [7, 11) is 0. The fourth-order valence-corrected chi connectivity index (χ4v) is 1.04. The van der Waals surface area contributed by atoms with Gasteiger partial charge in [-0.15, -0.1) is 0 Å². The second-order valence-electron chi connectivity index (χ2n) is 2.64. The van der Waals surface area contributed by atoms with Crippen molar-refractivity contribution in [2.24, 2.45) is 0 Å². The third-order valence-electron chi connectivity index (χ3n) is 1.70. The van der Waals surface area contributed by atoms with E-state index in [-0.39, 0.29) is 38.3 Å². The van der Waals surface area contributed by atoms with Crippen LogP contribution in [0, 0.1) is 6.92 Å². The molecule has 6 heteroatoms. The van der Waals surface area contributed by atoms with E-state index in [0.29, 0.717) is 5.56 Å². The van der Waals surface area contributed by atoms with E-state index in [2.05, 4.69) is 0 Å². The summed E-state index contributed by atoms with van der Waals surface area (Å²) in [6, 6.07) is 3.91. The molecule has 15 heavy (non-hydrogen) atoms. The van der Waals surface area contributed by atoms with Crippen LogP contribution in [0.25, 0.3) is 0 Å². The predicted molar refractivity (Wildman–Crippen MR) is 48.7 cm³/mol. The molecule has 0 saturated heterocycles. The average Bonchev–Trinajstić information content (AvgIpc) is 2.03. The molecule has 0 unspecified atom stereocenters. The molecule has 1 aromatic carbocycles. The Bertz CT molecular complexity index is 375. The maximum atomic E-state index is 10.6. The summed E-state index contributed by atoms with van der Waals surface area (Å²) in [5.74, 6) is -2.10. The van der Waals surface area contributed by atoms with Crippen LogP contribution < -0.4 is 0 Å². The van der Waals surface area contributed by atoms with Gasteiger partial charge < -0.3 is 15.7 Å². The minimum Gasteiger partial charge on any atom is -0.478 e.